The molecular formula is C22H30N2O3. The molecule has 3 rings (SSSR count). The molecule has 2 aromatic carbocycles. The zero-order valence-electron chi connectivity index (χ0n) is 16.7. The first kappa shape index (κ1) is 19.5. The van der Waals surface area contributed by atoms with Crippen LogP contribution in [0.5, 0.6) is 11.5 Å². The molecule has 1 fully saturated rings. The normalized spacial score (nSPS) is 16.3. The van der Waals surface area contributed by atoms with Crippen molar-refractivity contribution in [3.05, 3.63) is 53.1 Å². The minimum absolute atomic E-state index is 0.544. The summed E-state index contributed by atoms with van der Waals surface area (Å²) in [5.74, 6) is 1.32. The molecule has 0 radical (unpaired) electrons. The largest absolute Gasteiger partial charge is 0.493 e. The van der Waals surface area contributed by atoms with E-state index in [1.165, 1.54) is 16.8 Å². The molecule has 5 nitrogen and oxygen atoms in total. The SMILES string of the molecule is COc1ccc([C@@H](O)CN2CCN(c3cccc(C)c3C)CC2)cc1OC. The molecule has 5 heteroatoms. The van der Waals surface area contributed by atoms with E-state index in [1.54, 1.807) is 14.2 Å². The van der Waals surface area contributed by atoms with Gasteiger partial charge in [-0.05, 0) is 48.7 Å². The smallest absolute Gasteiger partial charge is 0.161 e. The average molecular weight is 370 g/mol. The zero-order chi connectivity index (χ0) is 19.4. The Bertz CT molecular complexity index is 770. The molecule has 1 heterocycles. The summed E-state index contributed by atoms with van der Waals surface area (Å²) in [6, 6.07) is 12.1. The lowest BCUT2D eigenvalue weighted by atomic mass is 10.1. The van der Waals surface area contributed by atoms with Crippen LogP contribution in [0.2, 0.25) is 0 Å². The Morgan fingerprint density at radius 3 is 2.33 bits per heavy atom. The molecule has 146 valence electrons. The number of rotatable bonds is 6. The molecule has 0 amide bonds. The number of hydrogen-bond donors (Lipinski definition) is 1. The fraction of sp³-hybridized carbons (Fsp3) is 0.455. The van der Waals surface area contributed by atoms with Crippen molar-refractivity contribution < 1.29 is 14.6 Å². The molecule has 0 unspecified atom stereocenters. The second-order valence-electron chi connectivity index (χ2n) is 7.14. The van der Waals surface area contributed by atoms with Gasteiger partial charge in [-0.15, -0.1) is 0 Å². The van der Waals surface area contributed by atoms with Crippen LogP contribution in [-0.2, 0) is 0 Å². The summed E-state index contributed by atoms with van der Waals surface area (Å²) < 4.78 is 10.6. The molecular weight excluding hydrogens is 340 g/mol. The molecule has 0 aliphatic carbocycles. The van der Waals surface area contributed by atoms with Crippen molar-refractivity contribution in [2.45, 2.75) is 20.0 Å². The first-order chi connectivity index (χ1) is 13.0. The molecule has 27 heavy (non-hydrogen) atoms. The van der Waals surface area contributed by atoms with E-state index in [-0.39, 0.29) is 0 Å². The van der Waals surface area contributed by atoms with Gasteiger partial charge in [0.15, 0.2) is 11.5 Å². The average Bonchev–Trinajstić information content (AvgIpc) is 2.70. The highest BCUT2D eigenvalue weighted by molar-refractivity contribution is 5.56. The maximum atomic E-state index is 10.7. The number of aliphatic hydroxyl groups is 1. The maximum Gasteiger partial charge on any atom is 0.161 e. The van der Waals surface area contributed by atoms with E-state index in [0.717, 1.165) is 31.7 Å². The Hall–Kier alpha value is -2.24. The Kier molecular flexibility index (Phi) is 6.24. The van der Waals surface area contributed by atoms with Crippen LogP contribution in [0, 0.1) is 13.8 Å². The lowest BCUT2D eigenvalue weighted by molar-refractivity contribution is 0.109. The number of hydrogen-bond acceptors (Lipinski definition) is 5. The highest BCUT2D eigenvalue weighted by atomic mass is 16.5. The molecule has 1 aliphatic heterocycles. The van der Waals surface area contributed by atoms with E-state index < -0.39 is 6.10 Å². The molecule has 1 saturated heterocycles. The van der Waals surface area contributed by atoms with Gasteiger partial charge < -0.3 is 19.5 Å². The summed E-state index contributed by atoms with van der Waals surface area (Å²) in [6.07, 6.45) is -0.544. The van der Waals surface area contributed by atoms with Gasteiger partial charge in [-0.25, -0.2) is 0 Å². The van der Waals surface area contributed by atoms with Crippen molar-refractivity contribution in [2.24, 2.45) is 0 Å². The van der Waals surface area contributed by atoms with Crippen LogP contribution in [0.4, 0.5) is 5.69 Å². The van der Waals surface area contributed by atoms with Crippen molar-refractivity contribution in [3.8, 4) is 11.5 Å². The van der Waals surface area contributed by atoms with Gasteiger partial charge in [0.25, 0.3) is 0 Å². The monoisotopic (exact) mass is 370 g/mol. The van der Waals surface area contributed by atoms with Gasteiger partial charge in [0.2, 0.25) is 0 Å². The van der Waals surface area contributed by atoms with Crippen LogP contribution in [0.1, 0.15) is 22.8 Å². The van der Waals surface area contributed by atoms with Crippen LogP contribution in [0.3, 0.4) is 0 Å². The zero-order valence-corrected chi connectivity index (χ0v) is 16.7. The number of aryl methyl sites for hydroxylation is 1. The number of methoxy groups -OCH3 is 2. The molecule has 0 spiro atoms. The summed E-state index contributed by atoms with van der Waals surface area (Å²) >= 11 is 0. The fourth-order valence-electron chi connectivity index (χ4n) is 3.66. The summed E-state index contributed by atoms with van der Waals surface area (Å²) in [5, 5.41) is 10.7. The number of piperazine rings is 1. The third-order valence-electron chi connectivity index (χ3n) is 5.51. The minimum Gasteiger partial charge on any atom is -0.493 e. The Labute approximate surface area is 162 Å². The lowest BCUT2D eigenvalue weighted by Crippen LogP contribution is -2.47. The molecule has 1 atom stereocenters. The van der Waals surface area contributed by atoms with Gasteiger partial charge in [0, 0.05) is 38.4 Å². The number of nitrogens with zero attached hydrogens (tertiary/aromatic N) is 2. The van der Waals surface area contributed by atoms with Crippen molar-refractivity contribution in [3.63, 3.8) is 0 Å². The topological polar surface area (TPSA) is 45.2 Å². The first-order valence-corrected chi connectivity index (χ1v) is 9.47. The third kappa shape index (κ3) is 4.37. The molecule has 2 aromatic rings. The van der Waals surface area contributed by atoms with Crippen LogP contribution in [0.25, 0.3) is 0 Å². The van der Waals surface area contributed by atoms with Crippen molar-refractivity contribution in [1.29, 1.82) is 0 Å². The standard InChI is InChI=1S/C22H30N2O3/c1-16-6-5-7-19(17(16)2)24-12-10-23(11-13-24)15-20(25)18-8-9-21(26-3)22(14-18)27-4/h5-9,14,20,25H,10-13,15H2,1-4H3/t20-/m0/s1. The van der Waals surface area contributed by atoms with Crippen molar-refractivity contribution >= 4 is 5.69 Å². The second kappa shape index (κ2) is 8.63. The number of anilines is 1. The van der Waals surface area contributed by atoms with Gasteiger partial charge in [-0.2, -0.15) is 0 Å². The Morgan fingerprint density at radius 1 is 0.963 bits per heavy atom. The van der Waals surface area contributed by atoms with Crippen LogP contribution in [0.15, 0.2) is 36.4 Å². The van der Waals surface area contributed by atoms with Gasteiger partial charge in [0.1, 0.15) is 0 Å². The first-order valence-electron chi connectivity index (χ1n) is 9.47. The predicted molar refractivity (Wildman–Crippen MR) is 109 cm³/mol. The predicted octanol–water partition coefficient (Wildman–Crippen LogP) is 3.18. The summed E-state index contributed by atoms with van der Waals surface area (Å²) in [4.78, 5) is 4.77. The highest BCUT2D eigenvalue weighted by Crippen LogP contribution is 2.30. The Morgan fingerprint density at radius 2 is 1.67 bits per heavy atom. The summed E-state index contributed by atoms with van der Waals surface area (Å²) in [7, 11) is 3.23. The quantitative estimate of drug-likeness (QED) is 0.846. The van der Waals surface area contributed by atoms with Crippen LogP contribution in [-0.4, -0.2) is 56.9 Å². The maximum absolute atomic E-state index is 10.7. The van der Waals surface area contributed by atoms with E-state index in [1.807, 2.05) is 18.2 Å². The number of aliphatic hydroxyl groups excluding tert-OH is 1. The number of β-amino-alcohol motifs (C(OH)–C–C–N with tert-alkyl or cyclic N) is 1. The second-order valence-corrected chi connectivity index (χ2v) is 7.14. The van der Waals surface area contributed by atoms with E-state index in [2.05, 4.69) is 41.8 Å². The fourth-order valence-corrected chi connectivity index (χ4v) is 3.66. The lowest BCUT2D eigenvalue weighted by Gasteiger charge is -2.37. The number of ether oxygens (including phenoxy) is 2. The van der Waals surface area contributed by atoms with E-state index in [9.17, 15) is 5.11 Å². The molecule has 0 saturated carbocycles. The number of benzene rings is 2. The van der Waals surface area contributed by atoms with Crippen LogP contribution < -0.4 is 14.4 Å². The van der Waals surface area contributed by atoms with Gasteiger partial charge >= 0.3 is 0 Å². The van der Waals surface area contributed by atoms with Gasteiger partial charge in [0.05, 0.1) is 20.3 Å². The van der Waals surface area contributed by atoms with Gasteiger partial charge in [-0.3, -0.25) is 4.90 Å². The van der Waals surface area contributed by atoms with Crippen molar-refractivity contribution in [1.82, 2.24) is 4.90 Å². The van der Waals surface area contributed by atoms with E-state index >= 15 is 0 Å². The Balaban J connectivity index is 1.59. The summed E-state index contributed by atoms with van der Waals surface area (Å²) in [5.41, 5.74) is 4.87. The molecule has 1 N–H and O–H groups in total. The van der Waals surface area contributed by atoms with E-state index in [4.69, 9.17) is 9.47 Å². The van der Waals surface area contributed by atoms with Gasteiger partial charge in [-0.1, -0.05) is 18.2 Å². The van der Waals surface area contributed by atoms with Crippen LogP contribution >= 0.6 is 0 Å². The van der Waals surface area contributed by atoms with E-state index in [0.29, 0.717) is 18.0 Å². The molecule has 1 aliphatic rings. The third-order valence-corrected chi connectivity index (χ3v) is 5.51. The highest BCUT2D eigenvalue weighted by Gasteiger charge is 2.22. The molecule has 0 aromatic heterocycles. The summed E-state index contributed by atoms with van der Waals surface area (Å²) in [6.45, 7) is 8.81. The minimum atomic E-state index is -0.544. The molecule has 0 bridgehead atoms. The van der Waals surface area contributed by atoms with Crippen molar-refractivity contribution in [2.75, 3.05) is 51.8 Å².